The molecule has 0 aromatic heterocycles. The minimum Gasteiger partial charge on any atom is -0.317 e. The molecule has 3 unspecified atom stereocenters. The van der Waals surface area contributed by atoms with Crippen LogP contribution >= 0.6 is 0 Å². The Kier molecular flexibility index (Phi) is 3.34. The highest BCUT2D eigenvalue weighted by atomic mass is 14.9. The molecule has 0 bridgehead atoms. The third kappa shape index (κ3) is 2.17. The fraction of sp³-hybridized carbons (Fsp3) is 1.00. The molecule has 1 saturated carbocycles. The molecule has 0 amide bonds. The molecule has 0 radical (unpaired) electrons. The van der Waals surface area contributed by atoms with Gasteiger partial charge in [0, 0.05) is 12.1 Å². The van der Waals surface area contributed by atoms with E-state index in [1.807, 2.05) is 0 Å². The van der Waals surface area contributed by atoms with Crippen LogP contribution in [0.25, 0.3) is 0 Å². The first-order valence-corrected chi connectivity index (χ1v) is 4.62. The molecule has 11 heavy (non-hydrogen) atoms. The van der Waals surface area contributed by atoms with Crippen molar-refractivity contribution in [1.29, 1.82) is 0 Å². The van der Waals surface area contributed by atoms with E-state index in [1.165, 1.54) is 19.3 Å². The zero-order valence-electron chi connectivity index (χ0n) is 7.85. The lowest BCUT2D eigenvalue weighted by Crippen LogP contribution is -2.42. The van der Waals surface area contributed by atoms with Crippen LogP contribution in [0.1, 0.15) is 26.2 Å². The number of nitrogens with one attached hydrogen (secondary N) is 2. The second-order valence-corrected chi connectivity index (χ2v) is 3.67. The molecule has 2 N–H and O–H groups in total. The smallest absolute Gasteiger partial charge is 0.00908 e. The van der Waals surface area contributed by atoms with Gasteiger partial charge in [0.1, 0.15) is 0 Å². The van der Waals surface area contributed by atoms with Gasteiger partial charge >= 0.3 is 0 Å². The van der Waals surface area contributed by atoms with E-state index < -0.39 is 0 Å². The van der Waals surface area contributed by atoms with Crippen LogP contribution in [0.4, 0.5) is 0 Å². The molecule has 0 heterocycles. The Morgan fingerprint density at radius 2 is 1.82 bits per heavy atom. The summed E-state index contributed by atoms with van der Waals surface area (Å²) >= 11 is 0. The van der Waals surface area contributed by atoms with Crippen molar-refractivity contribution in [2.24, 2.45) is 5.92 Å². The Bertz CT molecular complexity index is 114. The van der Waals surface area contributed by atoms with E-state index in [-0.39, 0.29) is 0 Å². The standard InChI is InChI=1S/C9H20N2/c1-7-6-8(10-2)4-5-9(7)11-3/h7-11H,4-6H2,1-3H3. The summed E-state index contributed by atoms with van der Waals surface area (Å²) in [5.41, 5.74) is 0. The normalized spacial score (nSPS) is 39.0. The molecule has 66 valence electrons. The molecule has 0 spiro atoms. The summed E-state index contributed by atoms with van der Waals surface area (Å²) in [6.07, 6.45) is 3.97. The average Bonchev–Trinajstić information content (AvgIpc) is 2.04. The molecule has 1 aliphatic carbocycles. The highest BCUT2D eigenvalue weighted by Gasteiger charge is 2.24. The number of rotatable bonds is 2. The zero-order chi connectivity index (χ0) is 8.27. The van der Waals surface area contributed by atoms with Crippen molar-refractivity contribution in [3.05, 3.63) is 0 Å². The molecule has 0 saturated heterocycles. The molecule has 2 nitrogen and oxygen atoms in total. The largest absolute Gasteiger partial charge is 0.317 e. The lowest BCUT2D eigenvalue weighted by molar-refractivity contribution is 0.249. The number of hydrogen-bond acceptors (Lipinski definition) is 2. The van der Waals surface area contributed by atoms with Crippen molar-refractivity contribution in [2.75, 3.05) is 14.1 Å². The van der Waals surface area contributed by atoms with Crippen LogP contribution in [0.5, 0.6) is 0 Å². The van der Waals surface area contributed by atoms with Gasteiger partial charge in [-0.15, -0.1) is 0 Å². The topological polar surface area (TPSA) is 24.1 Å². The van der Waals surface area contributed by atoms with Crippen molar-refractivity contribution in [1.82, 2.24) is 10.6 Å². The summed E-state index contributed by atoms with van der Waals surface area (Å²) in [6.45, 7) is 2.34. The Hall–Kier alpha value is -0.0800. The minimum absolute atomic E-state index is 0.750. The van der Waals surface area contributed by atoms with Crippen LogP contribution in [0.3, 0.4) is 0 Å². The fourth-order valence-corrected chi connectivity index (χ4v) is 2.09. The van der Waals surface area contributed by atoms with Gasteiger partial charge in [0.15, 0.2) is 0 Å². The highest BCUT2D eigenvalue weighted by Crippen LogP contribution is 2.23. The van der Waals surface area contributed by atoms with Crippen LogP contribution in [-0.4, -0.2) is 26.2 Å². The minimum atomic E-state index is 0.750. The Balaban J connectivity index is 2.34. The van der Waals surface area contributed by atoms with E-state index in [2.05, 4.69) is 31.7 Å². The molecular formula is C9H20N2. The molecule has 1 fully saturated rings. The van der Waals surface area contributed by atoms with Gasteiger partial charge < -0.3 is 10.6 Å². The summed E-state index contributed by atoms with van der Waals surface area (Å²) in [6, 6.07) is 1.51. The predicted molar refractivity (Wildman–Crippen MR) is 48.7 cm³/mol. The van der Waals surface area contributed by atoms with Gasteiger partial charge in [-0.1, -0.05) is 6.92 Å². The van der Waals surface area contributed by atoms with Crippen molar-refractivity contribution in [3.8, 4) is 0 Å². The Morgan fingerprint density at radius 3 is 2.27 bits per heavy atom. The van der Waals surface area contributed by atoms with Crippen molar-refractivity contribution < 1.29 is 0 Å². The summed E-state index contributed by atoms with van der Waals surface area (Å²) < 4.78 is 0. The number of hydrogen-bond donors (Lipinski definition) is 2. The quantitative estimate of drug-likeness (QED) is 0.623. The van der Waals surface area contributed by atoms with Crippen LogP contribution in [-0.2, 0) is 0 Å². The first-order chi connectivity index (χ1) is 5.27. The van der Waals surface area contributed by atoms with Crippen LogP contribution in [0, 0.1) is 5.92 Å². The van der Waals surface area contributed by atoms with Crippen molar-refractivity contribution >= 4 is 0 Å². The third-order valence-electron chi connectivity index (χ3n) is 2.95. The summed E-state index contributed by atoms with van der Waals surface area (Å²) in [7, 11) is 4.14. The van der Waals surface area contributed by atoms with Gasteiger partial charge in [-0.3, -0.25) is 0 Å². The van der Waals surface area contributed by atoms with Gasteiger partial charge in [0.25, 0.3) is 0 Å². The van der Waals surface area contributed by atoms with Gasteiger partial charge in [-0.25, -0.2) is 0 Å². The second-order valence-electron chi connectivity index (χ2n) is 3.67. The van der Waals surface area contributed by atoms with Crippen LogP contribution < -0.4 is 10.6 Å². The van der Waals surface area contributed by atoms with E-state index in [0.29, 0.717) is 0 Å². The first-order valence-electron chi connectivity index (χ1n) is 4.62. The summed E-state index contributed by atoms with van der Waals surface area (Å²) in [5, 5.41) is 6.72. The maximum atomic E-state index is 3.37. The van der Waals surface area contributed by atoms with Gasteiger partial charge in [0.05, 0.1) is 0 Å². The van der Waals surface area contributed by atoms with E-state index >= 15 is 0 Å². The predicted octanol–water partition coefficient (Wildman–Crippen LogP) is 0.982. The second kappa shape index (κ2) is 4.07. The Morgan fingerprint density at radius 1 is 1.09 bits per heavy atom. The Labute approximate surface area is 69.8 Å². The summed E-state index contributed by atoms with van der Waals surface area (Å²) in [4.78, 5) is 0. The lowest BCUT2D eigenvalue weighted by atomic mass is 9.83. The molecule has 0 aromatic carbocycles. The van der Waals surface area contributed by atoms with Gasteiger partial charge in [0.2, 0.25) is 0 Å². The molecular weight excluding hydrogens is 136 g/mol. The first kappa shape index (κ1) is 9.01. The van der Waals surface area contributed by atoms with E-state index in [1.54, 1.807) is 0 Å². The summed E-state index contributed by atoms with van der Waals surface area (Å²) in [5.74, 6) is 0.825. The maximum Gasteiger partial charge on any atom is 0.00908 e. The van der Waals surface area contributed by atoms with Gasteiger partial charge in [-0.05, 0) is 39.3 Å². The SMILES string of the molecule is CNC1CCC(NC)C(C)C1. The molecule has 1 rings (SSSR count). The van der Waals surface area contributed by atoms with Crippen molar-refractivity contribution in [2.45, 2.75) is 38.3 Å². The molecule has 0 aliphatic heterocycles. The third-order valence-corrected chi connectivity index (χ3v) is 2.95. The lowest BCUT2D eigenvalue weighted by Gasteiger charge is -2.33. The molecule has 2 heteroatoms. The van der Waals surface area contributed by atoms with E-state index in [9.17, 15) is 0 Å². The van der Waals surface area contributed by atoms with E-state index in [4.69, 9.17) is 0 Å². The monoisotopic (exact) mass is 156 g/mol. The molecule has 3 atom stereocenters. The van der Waals surface area contributed by atoms with E-state index in [0.717, 1.165) is 18.0 Å². The van der Waals surface area contributed by atoms with Crippen molar-refractivity contribution in [3.63, 3.8) is 0 Å². The molecule has 0 aromatic rings. The molecule has 1 aliphatic rings. The zero-order valence-corrected chi connectivity index (χ0v) is 7.85. The fourth-order valence-electron chi connectivity index (χ4n) is 2.09. The van der Waals surface area contributed by atoms with Crippen LogP contribution in [0.15, 0.2) is 0 Å². The highest BCUT2D eigenvalue weighted by molar-refractivity contribution is 4.83. The average molecular weight is 156 g/mol. The van der Waals surface area contributed by atoms with Crippen LogP contribution in [0.2, 0.25) is 0 Å². The van der Waals surface area contributed by atoms with Gasteiger partial charge in [-0.2, -0.15) is 0 Å². The maximum absolute atomic E-state index is 3.37.